The summed E-state index contributed by atoms with van der Waals surface area (Å²) in [6.07, 6.45) is 8.50. The van der Waals surface area contributed by atoms with Crippen molar-refractivity contribution in [3.8, 4) is 34.9 Å². The van der Waals surface area contributed by atoms with Gasteiger partial charge in [0.1, 0.15) is 11.6 Å². The lowest BCUT2D eigenvalue weighted by molar-refractivity contribution is 0.0704. The van der Waals surface area contributed by atoms with Gasteiger partial charge in [0.05, 0.1) is 46.9 Å². The van der Waals surface area contributed by atoms with Crippen molar-refractivity contribution in [3.05, 3.63) is 151 Å². The number of carbonyl (C=O) groups excluding carboxylic acids is 2. The van der Waals surface area contributed by atoms with E-state index in [2.05, 4.69) is 60.2 Å². The number of methoxy groups -OCH3 is 1. The molecule has 4 aromatic carbocycles. The molecule has 354 valence electrons. The highest BCUT2D eigenvalue weighted by Gasteiger charge is 2.30. The highest BCUT2D eigenvalue weighted by Crippen LogP contribution is 2.34. The van der Waals surface area contributed by atoms with Crippen LogP contribution in [0.4, 0.5) is 0 Å². The van der Waals surface area contributed by atoms with Gasteiger partial charge in [-0.05, 0) is 161 Å². The minimum Gasteiger partial charge on any atom is -0.393 e. The number of H-pyrrole nitrogens is 2. The maximum Gasteiger partial charge on any atom is 0.254 e. The summed E-state index contributed by atoms with van der Waals surface area (Å²) < 4.78 is 5.56. The molecule has 2 aromatic heterocycles. The Hall–Kier alpha value is -6.86. The maximum atomic E-state index is 13.6. The zero-order valence-corrected chi connectivity index (χ0v) is 40.5. The Morgan fingerprint density at radius 3 is 1.45 bits per heavy atom. The first-order chi connectivity index (χ1) is 33.4. The molecule has 2 amide bonds. The molecule has 6 aromatic rings. The number of fused-ring (bicyclic) bond motifs is 2. The zero-order chi connectivity index (χ0) is 48.3. The van der Waals surface area contributed by atoms with E-state index in [0.717, 1.165) is 163 Å². The van der Waals surface area contributed by atoms with Gasteiger partial charge in [-0.1, -0.05) is 36.4 Å². The monoisotopic (exact) mass is 922 g/mol. The Balaban J connectivity index is 0.000000172. The second kappa shape index (κ2) is 20.4. The summed E-state index contributed by atoms with van der Waals surface area (Å²) in [5.41, 5.74) is 15.8. The number of aromatic nitrogens is 4. The summed E-state index contributed by atoms with van der Waals surface area (Å²) in [7, 11) is 1.77. The number of aliphatic hydroxyl groups is 1. The summed E-state index contributed by atoms with van der Waals surface area (Å²) in [6.45, 7) is 11.1. The summed E-state index contributed by atoms with van der Waals surface area (Å²) >= 11 is 0. The highest BCUT2D eigenvalue weighted by molar-refractivity contribution is 5.98. The quantitative estimate of drug-likeness (QED) is 0.142. The van der Waals surface area contributed by atoms with Gasteiger partial charge < -0.3 is 29.6 Å². The fourth-order valence-electron chi connectivity index (χ4n) is 10.9. The number of aliphatic hydroxyl groups excluding tert-OH is 1. The predicted molar refractivity (Wildman–Crippen MR) is 266 cm³/mol. The number of imidazole rings is 2. The van der Waals surface area contributed by atoms with Crippen molar-refractivity contribution >= 4 is 11.8 Å². The van der Waals surface area contributed by atoms with Crippen LogP contribution in [0, 0.1) is 50.4 Å². The molecule has 2 atom stereocenters. The topological polar surface area (TPSA) is 175 Å². The second-order valence-corrected chi connectivity index (χ2v) is 19.6. The van der Waals surface area contributed by atoms with Crippen LogP contribution in [0.25, 0.3) is 22.8 Å². The average molecular weight is 923 g/mol. The largest absolute Gasteiger partial charge is 0.393 e. The molecule has 0 spiro atoms. The number of carbonyl (C=O) groups is 2. The van der Waals surface area contributed by atoms with E-state index in [0.29, 0.717) is 29.4 Å². The molecular weight excluding hydrogens is 861 g/mol. The Labute approximate surface area is 405 Å². The number of benzene rings is 4. The fraction of sp³-hybridized carbons (Fsp3) is 0.404. The second-order valence-electron chi connectivity index (χ2n) is 19.6. The van der Waals surface area contributed by atoms with Crippen LogP contribution >= 0.6 is 0 Å². The van der Waals surface area contributed by atoms with Crippen molar-refractivity contribution in [3.63, 3.8) is 0 Å². The first kappa shape index (κ1) is 47.2. The van der Waals surface area contributed by atoms with Crippen LogP contribution in [0.15, 0.2) is 72.8 Å². The van der Waals surface area contributed by atoms with Gasteiger partial charge >= 0.3 is 0 Å². The SMILES string of the molecule is COC1CCc2nc(-c3cc(C(=O)N4CCC(c5ccc(C#N)cc5)CC4)c(C)cc3C)[nH]c2C1.Cc1cc(C)c(-c2nc3c([nH]2)CC(O)CC3)cc1C(=O)N1CCC(c2ccc(C#N)cc2)CC1. The van der Waals surface area contributed by atoms with Crippen LogP contribution < -0.4 is 0 Å². The third kappa shape index (κ3) is 10.2. The number of aromatic amines is 2. The Bertz CT molecular complexity index is 2940. The van der Waals surface area contributed by atoms with Crippen LogP contribution in [0.3, 0.4) is 0 Å². The number of nitriles is 2. The van der Waals surface area contributed by atoms with Crippen molar-refractivity contribution in [1.82, 2.24) is 29.7 Å². The lowest BCUT2D eigenvalue weighted by atomic mass is 9.88. The van der Waals surface area contributed by atoms with Gasteiger partial charge in [-0.3, -0.25) is 9.59 Å². The van der Waals surface area contributed by atoms with E-state index in [-0.39, 0.29) is 24.0 Å². The van der Waals surface area contributed by atoms with Gasteiger partial charge in [0.25, 0.3) is 11.8 Å². The fourth-order valence-corrected chi connectivity index (χ4v) is 10.9. The van der Waals surface area contributed by atoms with E-state index >= 15 is 0 Å². The molecule has 4 heterocycles. The van der Waals surface area contributed by atoms with E-state index in [1.165, 1.54) is 11.1 Å². The summed E-state index contributed by atoms with van der Waals surface area (Å²) in [5.74, 6) is 2.63. The first-order valence-corrected chi connectivity index (χ1v) is 24.6. The van der Waals surface area contributed by atoms with Crippen molar-refractivity contribution in [2.45, 2.75) is 116 Å². The van der Waals surface area contributed by atoms with Gasteiger partial charge in [-0.25, -0.2) is 9.97 Å². The number of rotatable bonds is 7. The third-order valence-electron chi connectivity index (χ3n) is 15.1. The number of piperidine rings is 2. The molecule has 0 radical (unpaired) electrons. The first-order valence-electron chi connectivity index (χ1n) is 24.6. The Kier molecular flexibility index (Phi) is 14.0. The van der Waals surface area contributed by atoms with Crippen molar-refractivity contribution < 1.29 is 19.4 Å². The van der Waals surface area contributed by atoms with Gasteiger partial charge in [0.15, 0.2) is 0 Å². The molecule has 3 N–H and O–H groups in total. The van der Waals surface area contributed by atoms with E-state index in [9.17, 15) is 14.7 Å². The molecule has 0 bridgehead atoms. The third-order valence-corrected chi connectivity index (χ3v) is 15.1. The highest BCUT2D eigenvalue weighted by atomic mass is 16.5. The molecule has 2 saturated heterocycles. The number of ether oxygens (including phenoxy) is 1. The summed E-state index contributed by atoms with van der Waals surface area (Å²) in [4.78, 5) is 47.6. The number of nitrogens with one attached hydrogen (secondary N) is 2. The van der Waals surface area contributed by atoms with E-state index in [1.54, 1.807) is 7.11 Å². The van der Waals surface area contributed by atoms with Gasteiger partial charge in [-0.15, -0.1) is 0 Å². The average Bonchev–Trinajstić information content (AvgIpc) is 4.00. The zero-order valence-electron chi connectivity index (χ0n) is 40.5. The van der Waals surface area contributed by atoms with E-state index < -0.39 is 0 Å². The Morgan fingerprint density at radius 2 is 1.03 bits per heavy atom. The number of nitrogens with zero attached hydrogens (tertiary/aromatic N) is 6. The molecule has 2 aliphatic carbocycles. The van der Waals surface area contributed by atoms with Crippen LogP contribution in [0.2, 0.25) is 0 Å². The van der Waals surface area contributed by atoms with Crippen LogP contribution in [-0.2, 0) is 30.4 Å². The van der Waals surface area contributed by atoms with E-state index in [4.69, 9.17) is 25.2 Å². The number of aryl methyl sites for hydroxylation is 6. The molecular formula is C57H62N8O4. The molecule has 10 rings (SSSR count). The van der Waals surface area contributed by atoms with Crippen LogP contribution in [0.1, 0.15) is 138 Å². The lowest BCUT2D eigenvalue weighted by Gasteiger charge is -2.32. The van der Waals surface area contributed by atoms with Crippen molar-refractivity contribution in [2.24, 2.45) is 0 Å². The lowest BCUT2D eigenvalue weighted by Crippen LogP contribution is -2.38. The van der Waals surface area contributed by atoms with E-state index in [1.807, 2.05) is 72.2 Å². The minimum absolute atomic E-state index is 0.0729. The molecule has 0 saturated carbocycles. The number of amides is 2. The molecule has 2 unspecified atom stereocenters. The van der Waals surface area contributed by atoms with Gasteiger partial charge in [-0.2, -0.15) is 10.5 Å². The number of hydrogen-bond acceptors (Lipinski definition) is 8. The van der Waals surface area contributed by atoms with Crippen LogP contribution in [0.5, 0.6) is 0 Å². The molecule has 12 heteroatoms. The molecule has 2 aliphatic heterocycles. The summed E-state index contributed by atoms with van der Waals surface area (Å²) in [5, 5.41) is 28.0. The number of likely N-dealkylation sites (tertiary alicyclic amines) is 2. The number of hydrogen-bond donors (Lipinski definition) is 3. The maximum absolute atomic E-state index is 13.6. The molecule has 2 fully saturated rings. The molecule has 4 aliphatic rings. The molecule has 69 heavy (non-hydrogen) atoms. The smallest absolute Gasteiger partial charge is 0.254 e. The van der Waals surface area contributed by atoms with Gasteiger partial charge in [0, 0.05) is 79.8 Å². The van der Waals surface area contributed by atoms with Crippen molar-refractivity contribution in [2.75, 3.05) is 33.3 Å². The van der Waals surface area contributed by atoms with Crippen molar-refractivity contribution in [1.29, 1.82) is 10.5 Å². The summed E-state index contributed by atoms with van der Waals surface area (Å²) in [6, 6.07) is 28.2. The Morgan fingerprint density at radius 1 is 0.609 bits per heavy atom. The van der Waals surface area contributed by atoms with Gasteiger partial charge in [0.2, 0.25) is 0 Å². The normalized spacial score (nSPS) is 18.3. The standard InChI is InChI=1S/C29H32N4O2.C28H30N4O2/c1-18-14-19(2)25(16-24(18)28-31-26-9-8-23(35-3)15-27(26)32-28)29(34)33-12-10-22(11-13-33)21-6-4-20(17-30)5-7-21;1-17-13-18(2)24(15-23(17)27-30-25-8-7-22(33)14-26(25)31-27)28(34)32-11-9-21(10-12-32)20-5-3-19(16-29)4-6-20/h4-7,14,16,22-23H,8-13,15H2,1-3H3,(H,31,32);3-6,13,15,21-22,33H,7-12,14H2,1-2H3,(H,30,31). The minimum atomic E-state index is -0.315. The van der Waals surface area contributed by atoms with Crippen LogP contribution in [-0.4, -0.2) is 92.2 Å². The molecule has 12 nitrogen and oxygen atoms in total. The predicted octanol–water partition coefficient (Wildman–Crippen LogP) is 9.52.